The molecule has 0 atom stereocenters. The van der Waals surface area contributed by atoms with Crippen molar-refractivity contribution >= 4 is 27.4 Å². The Labute approximate surface area is 83.9 Å². The molecule has 0 saturated carbocycles. The fourth-order valence-electron chi connectivity index (χ4n) is 1.21. The molecule has 0 bridgehead atoms. The number of halogens is 1. The second-order valence-electron chi connectivity index (χ2n) is 2.77. The van der Waals surface area contributed by atoms with E-state index in [4.69, 9.17) is 5.73 Å². The maximum absolute atomic E-state index is 5.70. The molecule has 2 aromatic heterocycles. The highest BCUT2D eigenvalue weighted by molar-refractivity contribution is 9.10. The highest BCUT2D eigenvalue weighted by Gasteiger charge is 2.05. The number of nitrogen functional groups attached to an aromatic ring is 1. The fourth-order valence-corrected chi connectivity index (χ4v) is 1.62. The van der Waals surface area contributed by atoms with Gasteiger partial charge in [-0.2, -0.15) is 0 Å². The van der Waals surface area contributed by atoms with Gasteiger partial charge in [-0.1, -0.05) is 6.92 Å². The fraction of sp³-hybridized carbons (Fsp3) is 0.250. The molecule has 0 fully saturated rings. The minimum absolute atomic E-state index is 0.453. The van der Waals surface area contributed by atoms with Gasteiger partial charge in [0.05, 0.1) is 5.69 Å². The summed E-state index contributed by atoms with van der Waals surface area (Å²) in [4.78, 5) is 8.39. The third kappa shape index (κ3) is 1.39. The van der Waals surface area contributed by atoms with Crippen LogP contribution in [0.3, 0.4) is 0 Å². The molecule has 2 aromatic rings. The number of nitrogens with two attached hydrogens (primary N) is 1. The Bertz CT molecular complexity index is 449. The average Bonchev–Trinajstić information content (AvgIpc) is 2.47. The Morgan fingerprint density at radius 2 is 2.23 bits per heavy atom. The summed E-state index contributed by atoms with van der Waals surface area (Å²) in [5.41, 5.74) is 7.44. The van der Waals surface area contributed by atoms with E-state index in [9.17, 15) is 0 Å². The van der Waals surface area contributed by atoms with E-state index >= 15 is 0 Å². The molecule has 0 spiro atoms. The molecule has 0 amide bonds. The first-order valence-corrected chi connectivity index (χ1v) is 4.79. The van der Waals surface area contributed by atoms with Crippen LogP contribution >= 0.6 is 15.9 Å². The lowest BCUT2D eigenvalue weighted by Gasteiger charge is -1.96. The molecule has 0 aliphatic rings. The molecule has 0 radical (unpaired) electrons. The molecule has 0 saturated heterocycles. The number of aryl methyl sites for hydroxylation is 1. The van der Waals surface area contributed by atoms with E-state index < -0.39 is 0 Å². The molecule has 0 aliphatic heterocycles. The average molecular weight is 241 g/mol. The number of anilines is 1. The number of aromatic nitrogens is 3. The zero-order valence-electron chi connectivity index (χ0n) is 7.16. The molecular weight excluding hydrogens is 232 g/mol. The van der Waals surface area contributed by atoms with Crippen LogP contribution in [0.25, 0.3) is 5.65 Å². The van der Waals surface area contributed by atoms with Crippen molar-refractivity contribution < 1.29 is 0 Å². The van der Waals surface area contributed by atoms with E-state index in [1.807, 2.05) is 16.8 Å². The van der Waals surface area contributed by atoms with Gasteiger partial charge in [0.25, 0.3) is 0 Å². The Morgan fingerprint density at radius 3 is 2.92 bits per heavy atom. The predicted molar refractivity (Wildman–Crippen MR) is 54.5 cm³/mol. The Morgan fingerprint density at radius 1 is 1.46 bits per heavy atom. The van der Waals surface area contributed by atoms with Crippen LogP contribution in [0.4, 0.5) is 5.82 Å². The minimum Gasteiger partial charge on any atom is -0.381 e. The molecule has 13 heavy (non-hydrogen) atoms. The highest BCUT2D eigenvalue weighted by atomic mass is 79.9. The molecule has 0 aromatic carbocycles. The van der Waals surface area contributed by atoms with Gasteiger partial charge in [0, 0.05) is 12.4 Å². The number of rotatable bonds is 1. The molecule has 68 valence electrons. The number of fused-ring (bicyclic) bond motifs is 1. The number of hydrogen-bond acceptors (Lipinski definition) is 3. The zero-order chi connectivity index (χ0) is 9.42. The summed E-state index contributed by atoms with van der Waals surface area (Å²) in [6.45, 7) is 2.06. The topological polar surface area (TPSA) is 56.2 Å². The lowest BCUT2D eigenvalue weighted by molar-refractivity contribution is 1.07. The lowest BCUT2D eigenvalue weighted by atomic mass is 10.4. The number of nitrogens with zero attached hydrogens (tertiary/aromatic N) is 3. The molecule has 5 heteroatoms. The van der Waals surface area contributed by atoms with E-state index in [-0.39, 0.29) is 0 Å². The highest BCUT2D eigenvalue weighted by Crippen LogP contribution is 2.15. The Balaban J connectivity index is 2.75. The number of imidazole rings is 1. The van der Waals surface area contributed by atoms with E-state index in [1.54, 1.807) is 0 Å². The Hall–Kier alpha value is -1.10. The van der Waals surface area contributed by atoms with Gasteiger partial charge in [0.1, 0.15) is 4.60 Å². The van der Waals surface area contributed by atoms with Gasteiger partial charge >= 0.3 is 0 Å². The summed E-state index contributed by atoms with van der Waals surface area (Å²) >= 11 is 3.27. The minimum atomic E-state index is 0.453. The van der Waals surface area contributed by atoms with Crippen molar-refractivity contribution in [2.75, 3.05) is 5.73 Å². The third-order valence-corrected chi connectivity index (χ3v) is 2.23. The predicted octanol–water partition coefficient (Wildman–Crippen LogP) is 1.64. The lowest BCUT2D eigenvalue weighted by Crippen LogP contribution is -1.96. The summed E-state index contributed by atoms with van der Waals surface area (Å²) in [5.74, 6) is 0.453. The quantitative estimate of drug-likeness (QED) is 0.825. The van der Waals surface area contributed by atoms with Crippen molar-refractivity contribution in [1.82, 2.24) is 14.4 Å². The smallest absolute Gasteiger partial charge is 0.180 e. The van der Waals surface area contributed by atoms with Gasteiger partial charge in [0.15, 0.2) is 11.5 Å². The summed E-state index contributed by atoms with van der Waals surface area (Å²) in [6.07, 6.45) is 4.70. The second kappa shape index (κ2) is 2.99. The third-order valence-electron chi connectivity index (χ3n) is 1.85. The molecule has 0 unspecified atom stereocenters. The first-order chi connectivity index (χ1) is 6.20. The largest absolute Gasteiger partial charge is 0.381 e. The van der Waals surface area contributed by atoms with Crippen LogP contribution in [0.2, 0.25) is 0 Å². The second-order valence-corrected chi connectivity index (χ2v) is 3.58. The van der Waals surface area contributed by atoms with Crippen molar-refractivity contribution in [3.63, 3.8) is 0 Å². The van der Waals surface area contributed by atoms with Crippen LogP contribution in [0.15, 0.2) is 17.0 Å². The zero-order valence-corrected chi connectivity index (χ0v) is 8.74. The van der Waals surface area contributed by atoms with Gasteiger partial charge in [-0.3, -0.25) is 0 Å². The molecular formula is C8H9BrN4. The maximum Gasteiger partial charge on any atom is 0.180 e. The molecule has 0 aliphatic carbocycles. The first-order valence-electron chi connectivity index (χ1n) is 4.00. The van der Waals surface area contributed by atoms with E-state index in [0.29, 0.717) is 5.82 Å². The maximum atomic E-state index is 5.70. The molecule has 2 rings (SSSR count). The SMILES string of the molecule is CCc1cn2cc(Br)nc(N)c2n1. The normalized spacial score (nSPS) is 10.9. The number of hydrogen-bond donors (Lipinski definition) is 1. The molecule has 2 heterocycles. The van der Waals surface area contributed by atoms with E-state index in [2.05, 4.69) is 32.8 Å². The monoisotopic (exact) mass is 240 g/mol. The van der Waals surface area contributed by atoms with E-state index in [0.717, 1.165) is 22.4 Å². The summed E-state index contributed by atoms with van der Waals surface area (Å²) in [5, 5.41) is 0. The van der Waals surface area contributed by atoms with Crippen molar-refractivity contribution in [2.45, 2.75) is 13.3 Å². The van der Waals surface area contributed by atoms with Crippen LogP contribution in [-0.4, -0.2) is 14.4 Å². The Kier molecular flexibility index (Phi) is 1.95. The van der Waals surface area contributed by atoms with Gasteiger partial charge in [-0.05, 0) is 22.4 Å². The van der Waals surface area contributed by atoms with Crippen LogP contribution in [-0.2, 0) is 6.42 Å². The summed E-state index contributed by atoms with van der Waals surface area (Å²) < 4.78 is 2.60. The van der Waals surface area contributed by atoms with Gasteiger partial charge in [-0.25, -0.2) is 9.97 Å². The van der Waals surface area contributed by atoms with Gasteiger partial charge in [0.2, 0.25) is 0 Å². The van der Waals surface area contributed by atoms with E-state index in [1.165, 1.54) is 0 Å². The van der Waals surface area contributed by atoms with Gasteiger partial charge in [-0.15, -0.1) is 0 Å². The van der Waals surface area contributed by atoms with Crippen LogP contribution in [0.1, 0.15) is 12.6 Å². The van der Waals surface area contributed by atoms with Crippen LogP contribution in [0, 0.1) is 0 Å². The van der Waals surface area contributed by atoms with Crippen molar-refractivity contribution in [3.8, 4) is 0 Å². The molecule has 2 N–H and O–H groups in total. The summed E-state index contributed by atoms with van der Waals surface area (Å²) in [7, 11) is 0. The van der Waals surface area contributed by atoms with Gasteiger partial charge < -0.3 is 10.1 Å². The van der Waals surface area contributed by atoms with Crippen molar-refractivity contribution in [1.29, 1.82) is 0 Å². The van der Waals surface area contributed by atoms with Crippen LogP contribution in [0.5, 0.6) is 0 Å². The molecule has 4 nitrogen and oxygen atoms in total. The van der Waals surface area contributed by atoms with Crippen molar-refractivity contribution in [3.05, 3.63) is 22.7 Å². The van der Waals surface area contributed by atoms with Crippen LogP contribution < -0.4 is 5.73 Å². The standard InChI is InChI=1S/C8H9BrN4/c1-2-5-3-13-4-6(9)12-7(10)8(13)11-5/h3-4H,2H2,1H3,(H2,10,12). The van der Waals surface area contributed by atoms with Crippen molar-refractivity contribution in [2.24, 2.45) is 0 Å². The summed E-state index contributed by atoms with van der Waals surface area (Å²) in [6, 6.07) is 0. The first kappa shape index (κ1) is 8.50.